The topological polar surface area (TPSA) is 82.8 Å². The molecule has 2 aliphatic rings. The Morgan fingerprint density at radius 3 is 2.71 bits per heavy atom. The molecular formula is C26H40N6O2S. The first-order valence-corrected chi connectivity index (χ1v) is 14.5. The summed E-state index contributed by atoms with van der Waals surface area (Å²) in [5.41, 5.74) is 3.88. The first-order valence-electron chi connectivity index (χ1n) is 12.9. The molecule has 2 fully saturated rings. The Balaban J connectivity index is 1.44. The van der Waals surface area contributed by atoms with Crippen LogP contribution in [-0.4, -0.2) is 65.9 Å². The van der Waals surface area contributed by atoms with Crippen LogP contribution >= 0.6 is 0 Å². The van der Waals surface area contributed by atoms with Crippen molar-refractivity contribution >= 4 is 38.0 Å². The second-order valence-electron chi connectivity index (χ2n) is 9.87. The molecular weight excluding hydrogens is 460 g/mol. The van der Waals surface area contributed by atoms with E-state index in [1.54, 1.807) is 6.92 Å². The minimum Gasteiger partial charge on any atom is -0.369 e. The molecule has 1 aliphatic heterocycles. The molecule has 9 heteroatoms. The molecule has 1 saturated heterocycles. The van der Waals surface area contributed by atoms with Crippen LogP contribution in [0.25, 0.3) is 16.6 Å². The Hall–Kier alpha value is -2.39. The van der Waals surface area contributed by atoms with Gasteiger partial charge in [0.05, 0.1) is 17.4 Å². The fourth-order valence-corrected chi connectivity index (χ4v) is 6.60. The summed E-state index contributed by atoms with van der Waals surface area (Å²) < 4.78 is 31.4. The average molecular weight is 501 g/mol. The fourth-order valence-electron chi connectivity index (χ4n) is 5.25. The summed E-state index contributed by atoms with van der Waals surface area (Å²) in [5, 5.41) is 11.8. The summed E-state index contributed by atoms with van der Waals surface area (Å²) in [4.78, 5) is 2.26. The minimum absolute atomic E-state index is 0.130. The fraction of sp³-hybridized carbons (Fsp3) is 0.615. The van der Waals surface area contributed by atoms with E-state index in [9.17, 15) is 8.42 Å². The van der Waals surface area contributed by atoms with E-state index in [1.807, 2.05) is 43.8 Å². The quantitative estimate of drug-likeness (QED) is 0.406. The number of hydrogen-bond acceptors (Lipinski definition) is 6. The van der Waals surface area contributed by atoms with Crippen LogP contribution in [0.5, 0.6) is 0 Å². The van der Waals surface area contributed by atoms with Crippen LogP contribution in [0, 0.1) is 0 Å². The van der Waals surface area contributed by atoms with Crippen LogP contribution in [0.4, 0.5) is 5.69 Å². The van der Waals surface area contributed by atoms with Crippen molar-refractivity contribution in [3.8, 4) is 0 Å². The summed E-state index contributed by atoms with van der Waals surface area (Å²) in [5.74, 6) is 0. The van der Waals surface area contributed by atoms with Gasteiger partial charge < -0.3 is 4.90 Å². The van der Waals surface area contributed by atoms with Gasteiger partial charge in [0.2, 0.25) is 10.0 Å². The molecule has 1 aromatic heterocycles. The molecule has 1 aromatic carbocycles. The second kappa shape index (κ2) is 10.7. The smallest absolute Gasteiger partial charge is 0.219 e. The highest BCUT2D eigenvalue weighted by molar-refractivity contribution is 7.90. The SMILES string of the molecule is C/C=C(\C)n1ncc2c(N3CCC(NS(=O)(=O)C(C)/C(C)=N\N(CC)C4CCCC4)C3)cccc21. The summed E-state index contributed by atoms with van der Waals surface area (Å²) in [6.45, 7) is 12.0. The molecule has 0 spiro atoms. The lowest BCUT2D eigenvalue weighted by atomic mass is 10.2. The minimum atomic E-state index is -3.54. The molecule has 8 nitrogen and oxygen atoms in total. The zero-order valence-corrected chi connectivity index (χ0v) is 22.6. The van der Waals surface area contributed by atoms with Gasteiger partial charge in [-0.05, 0) is 66.0 Å². The summed E-state index contributed by atoms with van der Waals surface area (Å²) in [6, 6.07) is 6.52. The van der Waals surface area contributed by atoms with Crippen LogP contribution in [0.15, 0.2) is 35.6 Å². The second-order valence-corrected chi connectivity index (χ2v) is 11.9. The summed E-state index contributed by atoms with van der Waals surface area (Å²) >= 11 is 0. The van der Waals surface area contributed by atoms with Crippen molar-refractivity contribution < 1.29 is 8.42 Å². The Labute approximate surface area is 210 Å². The third kappa shape index (κ3) is 5.40. The molecule has 4 rings (SSSR count). The number of sulfonamides is 1. The lowest BCUT2D eigenvalue weighted by Gasteiger charge is -2.26. The van der Waals surface area contributed by atoms with Crippen molar-refractivity contribution in [3.05, 3.63) is 30.5 Å². The van der Waals surface area contributed by atoms with Crippen molar-refractivity contribution in [1.82, 2.24) is 19.5 Å². The Morgan fingerprint density at radius 2 is 2.03 bits per heavy atom. The summed E-state index contributed by atoms with van der Waals surface area (Å²) in [7, 11) is -3.54. The van der Waals surface area contributed by atoms with E-state index in [0.717, 1.165) is 54.6 Å². The van der Waals surface area contributed by atoms with Crippen molar-refractivity contribution in [1.29, 1.82) is 0 Å². The van der Waals surface area contributed by atoms with Crippen LogP contribution in [-0.2, 0) is 10.0 Å². The zero-order chi connectivity index (χ0) is 25.2. The van der Waals surface area contributed by atoms with Crippen LogP contribution in [0.3, 0.4) is 0 Å². The van der Waals surface area contributed by atoms with Gasteiger partial charge in [-0.15, -0.1) is 0 Å². The lowest BCUT2D eigenvalue weighted by molar-refractivity contribution is 0.218. The number of anilines is 1. The third-order valence-electron chi connectivity index (χ3n) is 7.61. The number of nitrogens with one attached hydrogen (secondary N) is 1. The monoisotopic (exact) mass is 500 g/mol. The molecule has 1 N–H and O–H groups in total. The van der Waals surface area contributed by atoms with Gasteiger partial charge in [0.1, 0.15) is 5.25 Å². The maximum Gasteiger partial charge on any atom is 0.219 e. The first kappa shape index (κ1) is 25.7. The molecule has 192 valence electrons. The Kier molecular flexibility index (Phi) is 7.86. The van der Waals surface area contributed by atoms with Gasteiger partial charge in [-0.1, -0.05) is 25.0 Å². The van der Waals surface area contributed by atoms with Crippen molar-refractivity contribution in [3.63, 3.8) is 0 Å². The van der Waals surface area contributed by atoms with E-state index in [2.05, 4.69) is 38.8 Å². The van der Waals surface area contributed by atoms with Crippen molar-refractivity contribution in [2.75, 3.05) is 24.5 Å². The number of hydrogen-bond donors (Lipinski definition) is 1. The molecule has 1 aliphatic carbocycles. The normalized spacial score (nSPS) is 21.3. The average Bonchev–Trinajstić information content (AvgIpc) is 3.62. The van der Waals surface area contributed by atoms with Gasteiger partial charge in [-0.3, -0.25) is 5.01 Å². The molecule has 0 amide bonds. The molecule has 2 aromatic rings. The third-order valence-corrected chi connectivity index (χ3v) is 9.55. The standard InChI is InChI=1S/C26H40N6O2S/c1-6-19(3)32-26-14-10-13-25(24(26)17-27-32)30-16-15-22(18-30)29-35(33,34)21(5)20(4)28-31(7-2)23-11-8-9-12-23/h6,10,13-14,17,21-23,29H,7-9,11-12,15-16,18H2,1-5H3/b19-6+,28-20-. The molecule has 2 unspecified atom stereocenters. The largest absolute Gasteiger partial charge is 0.369 e. The zero-order valence-electron chi connectivity index (χ0n) is 21.7. The number of hydrazone groups is 1. The van der Waals surface area contributed by atoms with Gasteiger partial charge in [0, 0.05) is 48.5 Å². The molecule has 2 atom stereocenters. The number of rotatable bonds is 9. The van der Waals surface area contributed by atoms with Gasteiger partial charge >= 0.3 is 0 Å². The van der Waals surface area contributed by atoms with Gasteiger partial charge in [-0.25, -0.2) is 17.8 Å². The van der Waals surface area contributed by atoms with E-state index in [-0.39, 0.29) is 6.04 Å². The van der Waals surface area contributed by atoms with Gasteiger partial charge in [0.25, 0.3) is 0 Å². The Morgan fingerprint density at radius 1 is 1.29 bits per heavy atom. The van der Waals surface area contributed by atoms with Crippen LogP contribution < -0.4 is 9.62 Å². The lowest BCUT2D eigenvalue weighted by Crippen LogP contribution is -2.44. The van der Waals surface area contributed by atoms with E-state index in [4.69, 9.17) is 5.10 Å². The predicted octanol–water partition coefficient (Wildman–Crippen LogP) is 4.44. The van der Waals surface area contributed by atoms with Crippen molar-refractivity contribution in [2.45, 2.75) is 84.1 Å². The van der Waals surface area contributed by atoms with Gasteiger partial charge in [0.15, 0.2) is 0 Å². The Bertz CT molecular complexity index is 1200. The number of fused-ring (bicyclic) bond motifs is 1. The molecule has 2 heterocycles. The van der Waals surface area contributed by atoms with E-state index in [0.29, 0.717) is 18.3 Å². The predicted molar refractivity (Wildman–Crippen MR) is 145 cm³/mol. The van der Waals surface area contributed by atoms with E-state index >= 15 is 0 Å². The van der Waals surface area contributed by atoms with Gasteiger partial charge in [-0.2, -0.15) is 10.2 Å². The van der Waals surface area contributed by atoms with Crippen LogP contribution in [0.1, 0.15) is 66.7 Å². The van der Waals surface area contributed by atoms with Crippen molar-refractivity contribution in [2.24, 2.45) is 5.10 Å². The van der Waals surface area contributed by atoms with E-state index in [1.165, 1.54) is 12.8 Å². The number of benzene rings is 1. The highest BCUT2D eigenvalue weighted by atomic mass is 32.2. The maximum atomic E-state index is 13.2. The first-order chi connectivity index (χ1) is 16.7. The van der Waals surface area contributed by atoms with E-state index < -0.39 is 15.3 Å². The van der Waals surface area contributed by atoms with Crippen LogP contribution in [0.2, 0.25) is 0 Å². The molecule has 0 bridgehead atoms. The molecule has 1 saturated carbocycles. The highest BCUT2D eigenvalue weighted by Gasteiger charge is 2.32. The number of allylic oxidation sites excluding steroid dienone is 2. The maximum absolute atomic E-state index is 13.2. The highest BCUT2D eigenvalue weighted by Crippen LogP contribution is 2.31. The molecule has 0 radical (unpaired) electrons. The number of nitrogens with zero attached hydrogens (tertiary/aromatic N) is 5. The number of aromatic nitrogens is 2. The summed E-state index contributed by atoms with van der Waals surface area (Å²) in [6.07, 6.45) is 9.45. The molecule has 35 heavy (non-hydrogen) atoms.